The summed E-state index contributed by atoms with van der Waals surface area (Å²) < 4.78 is 12.8. The Morgan fingerprint density at radius 3 is 2.68 bits per heavy atom. The molecule has 2 aromatic heterocycles. The summed E-state index contributed by atoms with van der Waals surface area (Å²) in [5, 5.41) is 7.36. The zero-order valence-electron chi connectivity index (χ0n) is 20.4. The molecule has 2 atom stereocenters. The number of anilines is 1. The van der Waals surface area contributed by atoms with Gasteiger partial charge in [0.1, 0.15) is 12.8 Å². The maximum atomic E-state index is 12.5. The first kappa shape index (κ1) is 27.0. The molecular formula is C24H35N5O4Si. The Bertz CT molecular complexity index is 1020. The molecule has 184 valence electrons. The lowest BCUT2D eigenvalue weighted by Crippen LogP contribution is -2.22. The number of hydrogen-bond donors (Lipinski definition) is 2. The number of nitrogens with one attached hydrogen (secondary N) is 1. The van der Waals surface area contributed by atoms with E-state index in [1.807, 2.05) is 0 Å². The number of aromatic nitrogens is 3. The fourth-order valence-electron chi connectivity index (χ4n) is 3.05. The van der Waals surface area contributed by atoms with Crippen LogP contribution in [-0.2, 0) is 21.0 Å². The SMILES string of the molecule is C=CCC(OC(N)=O)c1cc(-c2c(NC(=O)C(C)C=C)cnn2COCC[Si](C)(C)C)ccn1. The molecule has 2 rings (SSSR count). The molecule has 10 heteroatoms. The Morgan fingerprint density at radius 2 is 2.06 bits per heavy atom. The van der Waals surface area contributed by atoms with E-state index < -0.39 is 20.3 Å². The molecule has 0 saturated carbocycles. The molecule has 0 aliphatic heterocycles. The molecule has 0 bridgehead atoms. The van der Waals surface area contributed by atoms with Gasteiger partial charge in [0.05, 0.1) is 29.2 Å². The van der Waals surface area contributed by atoms with Gasteiger partial charge in [0, 0.05) is 32.9 Å². The van der Waals surface area contributed by atoms with E-state index in [-0.39, 0.29) is 18.6 Å². The van der Waals surface area contributed by atoms with Crippen LogP contribution in [0, 0.1) is 5.92 Å². The first-order valence-corrected chi connectivity index (χ1v) is 14.9. The van der Waals surface area contributed by atoms with Crippen LogP contribution in [0.4, 0.5) is 10.5 Å². The van der Waals surface area contributed by atoms with Crippen molar-refractivity contribution in [1.82, 2.24) is 14.8 Å². The van der Waals surface area contributed by atoms with Gasteiger partial charge >= 0.3 is 6.09 Å². The van der Waals surface area contributed by atoms with Crippen LogP contribution in [0.5, 0.6) is 0 Å². The lowest BCUT2D eigenvalue weighted by atomic mass is 10.1. The van der Waals surface area contributed by atoms with E-state index in [1.54, 1.807) is 48.3 Å². The van der Waals surface area contributed by atoms with Gasteiger partial charge in [0.15, 0.2) is 0 Å². The molecule has 0 saturated heterocycles. The van der Waals surface area contributed by atoms with E-state index in [4.69, 9.17) is 15.2 Å². The Balaban J connectivity index is 2.42. The first-order valence-electron chi connectivity index (χ1n) is 11.2. The maximum absolute atomic E-state index is 12.5. The molecule has 34 heavy (non-hydrogen) atoms. The van der Waals surface area contributed by atoms with Crippen LogP contribution in [0.2, 0.25) is 25.7 Å². The van der Waals surface area contributed by atoms with Gasteiger partial charge in [-0.3, -0.25) is 9.78 Å². The number of nitrogens with two attached hydrogens (primary N) is 1. The summed E-state index contributed by atoms with van der Waals surface area (Å²) in [6.45, 7) is 16.9. The third-order valence-corrected chi connectivity index (χ3v) is 6.80. The zero-order chi connectivity index (χ0) is 25.3. The molecule has 2 amide bonds. The normalized spacial score (nSPS) is 13.1. The summed E-state index contributed by atoms with van der Waals surface area (Å²) in [7, 11) is -1.24. The van der Waals surface area contributed by atoms with Crippen molar-refractivity contribution >= 4 is 25.8 Å². The number of rotatable bonds is 13. The zero-order valence-corrected chi connectivity index (χ0v) is 21.4. The summed E-state index contributed by atoms with van der Waals surface area (Å²) in [5.41, 5.74) is 7.63. The van der Waals surface area contributed by atoms with Gasteiger partial charge in [0.2, 0.25) is 5.91 Å². The predicted octanol–water partition coefficient (Wildman–Crippen LogP) is 4.73. The first-order chi connectivity index (χ1) is 16.1. The van der Waals surface area contributed by atoms with E-state index in [2.05, 4.69) is 48.2 Å². The molecule has 0 aromatic carbocycles. The highest BCUT2D eigenvalue weighted by Crippen LogP contribution is 2.31. The lowest BCUT2D eigenvalue weighted by molar-refractivity contribution is -0.118. The number of carbonyl (C=O) groups excluding carboxylic acids is 2. The molecule has 2 aromatic rings. The predicted molar refractivity (Wildman–Crippen MR) is 136 cm³/mol. The highest BCUT2D eigenvalue weighted by Gasteiger charge is 2.21. The minimum Gasteiger partial charge on any atom is -0.440 e. The van der Waals surface area contributed by atoms with Crippen LogP contribution in [0.1, 0.15) is 25.1 Å². The fraction of sp³-hybridized carbons (Fsp3) is 0.417. The second kappa shape index (κ2) is 12.3. The van der Waals surface area contributed by atoms with E-state index in [1.165, 1.54) is 0 Å². The van der Waals surface area contributed by atoms with Gasteiger partial charge in [-0.05, 0) is 18.2 Å². The molecular weight excluding hydrogens is 450 g/mol. The largest absolute Gasteiger partial charge is 0.440 e. The van der Waals surface area contributed by atoms with Gasteiger partial charge in [0.25, 0.3) is 0 Å². The van der Waals surface area contributed by atoms with Gasteiger partial charge in [-0.1, -0.05) is 38.7 Å². The third-order valence-electron chi connectivity index (χ3n) is 5.10. The molecule has 2 heterocycles. The number of hydrogen-bond acceptors (Lipinski definition) is 6. The lowest BCUT2D eigenvalue weighted by Gasteiger charge is -2.17. The Kier molecular flexibility index (Phi) is 9.76. The Morgan fingerprint density at radius 1 is 1.32 bits per heavy atom. The van der Waals surface area contributed by atoms with Crippen molar-refractivity contribution in [3.63, 3.8) is 0 Å². The molecule has 9 nitrogen and oxygen atoms in total. The van der Waals surface area contributed by atoms with Crippen molar-refractivity contribution in [3.8, 4) is 11.3 Å². The van der Waals surface area contributed by atoms with Crippen LogP contribution in [-0.4, -0.2) is 41.4 Å². The summed E-state index contributed by atoms with van der Waals surface area (Å²) in [5.74, 6) is -0.579. The van der Waals surface area contributed by atoms with Crippen LogP contribution in [0.3, 0.4) is 0 Å². The van der Waals surface area contributed by atoms with Crippen molar-refractivity contribution in [2.24, 2.45) is 11.7 Å². The summed E-state index contributed by atoms with van der Waals surface area (Å²) in [6, 6.07) is 4.59. The Labute approximate surface area is 202 Å². The van der Waals surface area contributed by atoms with Crippen LogP contribution < -0.4 is 11.1 Å². The topological polar surface area (TPSA) is 121 Å². The number of primary amides is 1. The minimum atomic E-state index is -1.24. The minimum absolute atomic E-state index is 0.202. The van der Waals surface area contributed by atoms with Crippen LogP contribution in [0.15, 0.2) is 49.8 Å². The fourth-order valence-corrected chi connectivity index (χ4v) is 3.81. The van der Waals surface area contributed by atoms with Gasteiger partial charge < -0.3 is 20.5 Å². The average molecular weight is 486 g/mol. The van der Waals surface area contributed by atoms with Gasteiger partial charge in [-0.2, -0.15) is 5.10 Å². The summed E-state index contributed by atoms with van der Waals surface area (Å²) in [6.07, 6.45) is 5.16. The standard InChI is InChI=1S/C24H35N5O4Si/c1-7-9-21(33-24(25)31)19-14-18(10-11-26-19)22-20(28-23(30)17(3)8-2)15-27-29(22)16-32-12-13-34(4,5)6/h7-8,10-11,14-15,17,21H,1-2,9,12-13,16H2,3-6H3,(H2,25,31)(H,28,30). The molecule has 0 radical (unpaired) electrons. The number of pyridine rings is 1. The molecule has 0 spiro atoms. The molecule has 0 fully saturated rings. The second-order valence-electron chi connectivity index (χ2n) is 9.19. The molecule has 0 aliphatic carbocycles. The second-order valence-corrected chi connectivity index (χ2v) is 14.8. The maximum Gasteiger partial charge on any atom is 0.405 e. The van der Waals surface area contributed by atoms with Crippen molar-refractivity contribution in [3.05, 3.63) is 55.5 Å². The average Bonchev–Trinajstić information content (AvgIpc) is 3.17. The number of nitrogens with zero attached hydrogens (tertiary/aromatic N) is 3. The smallest absolute Gasteiger partial charge is 0.405 e. The van der Waals surface area contributed by atoms with Gasteiger partial charge in [-0.15, -0.1) is 13.2 Å². The van der Waals surface area contributed by atoms with Crippen LogP contribution >= 0.6 is 0 Å². The summed E-state index contributed by atoms with van der Waals surface area (Å²) in [4.78, 5) is 28.3. The van der Waals surface area contributed by atoms with E-state index >= 15 is 0 Å². The molecule has 3 N–H and O–H groups in total. The van der Waals surface area contributed by atoms with Crippen molar-refractivity contribution in [1.29, 1.82) is 0 Å². The number of amides is 2. The number of carbonyl (C=O) groups is 2. The van der Waals surface area contributed by atoms with Gasteiger partial charge in [-0.25, -0.2) is 9.48 Å². The summed E-state index contributed by atoms with van der Waals surface area (Å²) >= 11 is 0. The van der Waals surface area contributed by atoms with E-state index in [0.29, 0.717) is 30.1 Å². The highest BCUT2D eigenvalue weighted by atomic mass is 28.3. The van der Waals surface area contributed by atoms with Crippen molar-refractivity contribution in [2.75, 3.05) is 11.9 Å². The van der Waals surface area contributed by atoms with E-state index in [9.17, 15) is 9.59 Å². The van der Waals surface area contributed by atoms with Crippen LogP contribution in [0.25, 0.3) is 11.3 Å². The molecule has 2 unspecified atom stereocenters. The number of ether oxygens (including phenoxy) is 2. The highest BCUT2D eigenvalue weighted by molar-refractivity contribution is 6.76. The third kappa shape index (κ3) is 7.96. The van der Waals surface area contributed by atoms with Crippen molar-refractivity contribution < 1.29 is 19.1 Å². The Hall–Kier alpha value is -3.24. The quantitative estimate of drug-likeness (QED) is 0.240. The monoisotopic (exact) mass is 485 g/mol. The van der Waals surface area contributed by atoms with E-state index in [0.717, 1.165) is 11.6 Å². The van der Waals surface area contributed by atoms with Crippen molar-refractivity contribution in [2.45, 2.75) is 51.9 Å². The molecule has 0 aliphatic rings.